The maximum absolute atomic E-state index is 5.84. The van der Waals surface area contributed by atoms with Crippen LogP contribution >= 0.6 is 11.6 Å². The summed E-state index contributed by atoms with van der Waals surface area (Å²) in [7, 11) is 3.71. The van der Waals surface area contributed by atoms with Crippen LogP contribution in [0.2, 0.25) is 5.28 Å². The van der Waals surface area contributed by atoms with Gasteiger partial charge in [0.05, 0.1) is 0 Å². The number of nitrogens with zero attached hydrogens (tertiary/aromatic N) is 5. The second kappa shape index (κ2) is 6.33. The molecule has 2 aromatic rings. The number of H-pyrrole nitrogens is 1. The van der Waals surface area contributed by atoms with Gasteiger partial charge < -0.3 is 15.2 Å². The van der Waals surface area contributed by atoms with Crippen molar-refractivity contribution in [1.29, 1.82) is 0 Å². The third kappa shape index (κ3) is 4.06. The summed E-state index contributed by atoms with van der Waals surface area (Å²) >= 11 is 5.84. The largest absolute Gasteiger partial charge is 0.354 e. The van der Waals surface area contributed by atoms with Gasteiger partial charge in [-0.15, -0.1) is 0 Å². The highest BCUT2D eigenvalue weighted by molar-refractivity contribution is 6.28. The molecule has 2 aromatic heterocycles. The minimum Gasteiger partial charge on any atom is -0.354 e. The van der Waals surface area contributed by atoms with E-state index in [-0.39, 0.29) is 5.28 Å². The fourth-order valence-corrected chi connectivity index (χ4v) is 1.67. The zero-order chi connectivity index (χ0) is 13.7. The minimum atomic E-state index is 0.187. The molecule has 0 aliphatic carbocycles. The first-order chi connectivity index (χ1) is 9.15. The summed E-state index contributed by atoms with van der Waals surface area (Å²) in [5, 5.41) is 3.32. The van der Waals surface area contributed by atoms with Gasteiger partial charge >= 0.3 is 0 Å². The van der Waals surface area contributed by atoms with Crippen molar-refractivity contribution in [2.24, 2.45) is 0 Å². The Balaban J connectivity index is 1.85. The van der Waals surface area contributed by atoms with Crippen molar-refractivity contribution in [3.63, 3.8) is 0 Å². The Morgan fingerprint density at radius 3 is 2.84 bits per heavy atom. The Bertz CT molecular complexity index is 512. The summed E-state index contributed by atoms with van der Waals surface area (Å²) in [4.78, 5) is 21.3. The third-order valence-electron chi connectivity index (χ3n) is 2.42. The summed E-state index contributed by atoms with van der Waals surface area (Å²) in [6.45, 7) is 0.744. The summed E-state index contributed by atoms with van der Waals surface area (Å²) in [5.74, 6) is 2.00. The van der Waals surface area contributed by atoms with Crippen molar-refractivity contribution in [3.05, 3.63) is 23.5 Å². The average Bonchev–Trinajstić information content (AvgIpc) is 2.87. The molecule has 19 heavy (non-hydrogen) atoms. The Morgan fingerprint density at radius 2 is 2.16 bits per heavy atom. The first kappa shape index (κ1) is 13.5. The lowest BCUT2D eigenvalue weighted by Gasteiger charge is -2.11. The van der Waals surface area contributed by atoms with E-state index in [2.05, 4.69) is 30.2 Å². The normalized spacial score (nSPS) is 10.5. The molecule has 2 rings (SSSR count). The van der Waals surface area contributed by atoms with Gasteiger partial charge in [-0.05, 0) is 18.0 Å². The molecule has 0 radical (unpaired) electrons. The van der Waals surface area contributed by atoms with Gasteiger partial charge in [0.2, 0.25) is 17.2 Å². The van der Waals surface area contributed by atoms with Crippen LogP contribution in [0.4, 0.5) is 11.9 Å². The van der Waals surface area contributed by atoms with Crippen LogP contribution in [0.3, 0.4) is 0 Å². The van der Waals surface area contributed by atoms with Crippen molar-refractivity contribution in [3.8, 4) is 0 Å². The van der Waals surface area contributed by atoms with E-state index < -0.39 is 0 Å². The molecule has 2 heterocycles. The first-order valence-corrected chi connectivity index (χ1v) is 6.34. The predicted molar refractivity (Wildman–Crippen MR) is 74.6 cm³/mol. The molecule has 0 fully saturated rings. The Hall–Kier alpha value is -1.89. The van der Waals surface area contributed by atoms with Gasteiger partial charge in [0.15, 0.2) is 0 Å². The molecule has 0 aromatic carbocycles. The van der Waals surface area contributed by atoms with Crippen LogP contribution in [0.5, 0.6) is 0 Å². The number of aromatic nitrogens is 5. The maximum atomic E-state index is 5.84. The van der Waals surface area contributed by atoms with Gasteiger partial charge in [-0.1, -0.05) is 0 Å². The molecule has 0 amide bonds. The lowest BCUT2D eigenvalue weighted by Crippen LogP contribution is -2.15. The monoisotopic (exact) mass is 281 g/mol. The second-order valence-electron chi connectivity index (χ2n) is 4.19. The van der Waals surface area contributed by atoms with Crippen LogP contribution in [0.15, 0.2) is 12.4 Å². The van der Waals surface area contributed by atoms with Crippen molar-refractivity contribution in [2.45, 2.75) is 12.8 Å². The van der Waals surface area contributed by atoms with Crippen LogP contribution < -0.4 is 10.2 Å². The molecule has 0 spiro atoms. The lowest BCUT2D eigenvalue weighted by molar-refractivity contribution is 0.807. The molecular formula is C11H16ClN7. The van der Waals surface area contributed by atoms with Gasteiger partial charge in [0, 0.05) is 39.5 Å². The van der Waals surface area contributed by atoms with Crippen LogP contribution in [0.25, 0.3) is 0 Å². The minimum absolute atomic E-state index is 0.187. The molecule has 0 aliphatic heterocycles. The summed E-state index contributed by atoms with van der Waals surface area (Å²) in [5.41, 5.74) is 0. The highest BCUT2D eigenvalue weighted by Crippen LogP contribution is 2.11. The highest BCUT2D eigenvalue weighted by Gasteiger charge is 2.06. The first-order valence-electron chi connectivity index (χ1n) is 5.96. The van der Waals surface area contributed by atoms with Gasteiger partial charge in [-0.25, -0.2) is 4.98 Å². The number of nitrogens with one attached hydrogen (secondary N) is 2. The van der Waals surface area contributed by atoms with E-state index in [0.29, 0.717) is 11.9 Å². The van der Waals surface area contributed by atoms with E-state index in [4.69, 9.17) is 11.6 Å². The van der Waals surface area contributed by atoms with Crippen LogP contribution in [-0.2, 0) is 6.42 Å². The van der Waals surface area contributed by atoms with Gasteiger partial charge in [0.1, 0.15) is 5.82 Å². The van der Waals surface area contributed by atoms with Crippen LogP contribution in [0.1, 0.15) is 12.2 Å². The lowest BCUT2D eigenvalue weighted by atomic mass is 10.3. The molecule has 7 nitrogen and oxygen atoms in total. The summed E-state index contributed by atoms with van der Waals surface area (Å²) in [6.07, 6.45) is 5.36. The van der Waals surface area contributed by atoms with Crippen molar-refractivity contribution < 1.29 is 0 Å². The molecule has 102 valence electrons. The summed E-state index contributed by atoms with van der Waals surface area (Å²) in [6, 6.07) is 0. The number of hydrogen-bond acceptors (Lipinski definition) is 6. The molecule has 0 saturated heterocycles. The molecule has 0 saturated carbocycles. The number of aryl methyl sites for hydroxylation is 1. The van der Waals surface area contributed by atoms with Crippen LogP contribution in [-0.4, -0.2) is 45.6 Å². The number of hydrogen-bond donors (Lipinski definition) is 2. The van der Waals surface area contributed by atoms with E-state index in [1.807, 2.05) is 20.3 Å². The molecule has 0 unspecified atom stereocenters. The number of halogens is 1. The smallest absolute Gasteiger partial charge is 0.230 e. The molecular weight excluding hydrogens is 266 g/mol. The summed E-state index contributed by atoms with van der Waals surface area (Å²) < 4.78 is 0. The molecule has 0 atom stereocenters. The molecule has 0 aliphatic rings. The van der Waals surface area contributed by atoms with E-state index in [0.717, 1.165) is 25.2 Å². The van der Waals surface area contributed by atoms with Crippen molar-refractivity contribution in [1.82, 2.24) is 24.9 Å². The van der Waals surface area contributed by atoms with Gasteiger partial charge in [0.25, 0.3) is 0 Å². The maximum Gasteiger partial charge on any atom is 0.230 e. The molecule has 0 bridgehead atoms. The zero-order valence-corrected chi connectivity index (χ0v) is 11.6. The van der Waals surface area contributed by atoms with Gasteiger partial charge in [-0.2, -0.15) is 15.0 Å². The Morgan fingerprint density at radius 1 is 1.32 bits per heavy atom. The SMILES string of the molecule is CN(C)c1nc(Cl)nc(NCCCc2ncc[nH]2)n1. The van der Waals surface area contributed by atoms with E-state index in [9.17, 15) is 0 Å². The quantitative estimate of drug-likeness (QED) is 0.778. The fourth-order valence-electron chi connectivity index (χ4n) is 1.51. The standard InChI is InChI=1S/C11H16ClN7/c1-19(2)11-17-9(12)16-10(18-11)15-5-3-4-8-13-6-7-14-8/h6-7H,3-5H2,1-2H3,(H,13,14)(H,15,16,17,18). The number of anilines is 2. The average molecular weight is 282 g/mol. The fraction of sp³-hybridized carbons (Fsp3) is 0.455. The van der Waals surface area contributed by atoms with Crippen molar-refractivity contribution in [2.75, 3.05) is 30.9 Å². The van der Waals surface area contributed by atoms with E-state index in [1.165, 1.54) is 0 Å². The predicted octanol–water partition coefficient (Wildman–Crippen LogP) is 1.36. The van der Waals surface area contributed by atoms with E-state index in [1.54, 1.807) is 11.1 Å². The molecule has 2 N–H and O–H groups in total. The third-order valence-corrected chi connectivity index (χ3v) is 2.59. The Kier molecular flexibility index (Phi) is 4.51. The number of imidazole rings is 1. The Labute approximate surface area is 116 Å². The van der Waals surface area contributed by atoms with Gasteiger partial charge in [-0.3, -0.25) is 0 Å². The number of rotatable bonds is 6. The van der Waals surface area contributed by atoms with E-state index >= 15 is 0 Å². The van der Waals surface area contributed by atoms with Crippen molar-refractivity contribution >= 4 is 23.5 Å². The second-order valence-corrected chi connectivity index (χ2v) is 4.53. The topological polar surface area (TPSA) is 82.6 Å². The molecule has 8 heteroatoms. The van der Waals surface area contributed by atoms with Crippen LogP contribution in [0, 0.1) is 0 Å². The number of aromatic amines is 1. The highest BCUT2D eigenvalue weighted by atomic mass is 35.5. The zero-order valence-electron chi connectivity index (χ0n) is 10.9.